The van der Waals surface area contributed by atoms with Gasteiger partial charge >= 0.3 is 0 Å². The molecule has 0 saturated carbocycles. The van der Waals surface area contributed by atoms with Gasteiger partial charge in [0.05, 0.1) is 4.47 Å². The molecular formula is C18H16BrClN2O2. The molecule has 2 aromatic rings. The molecule has 0 bridgehead atoms. The van der Waals surface area contributed by atoms with Gasteiger partial charge in [-0.1, -0.05) is 54.6 Å². The number of carbonyl (C=O) groups is 1. The largest absolute Gasteiger partial charge is 0.483 e. The summed E-state index contributed by atoms with van der Waals surface area (Å²) in [7, 11) is 0. The Bertz CT molecular complexity index is 748. The van der Waals surface area contributed by atoms with E-state index < -0.39 is 0 Å². The number of hydrazine groups is 1. The van der Waals surface area contributed by atoms with Crippen molar-refractivity contribution in [3.63, 3.8) is 0 Å². The minimum absolute atomic E-state index is 0.136. The number of hydrogen-bond donors (Lipinski definition) is 2. The Balaban J connectivity index is 1.74. The lowest BCUT2D eigenvalue weighted by atomic mass is 10.2. The Labute approximate surface area is 154 Å². The van der Waals surface area contributed by atoms with Crippen molar-refractivity contribution in [1.29, 1.82) is 0 Å². The van der Waals surface area contributed by atoms with Gasteiger partial charge in [-0.15, -0.1) is 0 Å². The van der Waals surface area contributed by atoms with Gasteiger partial charge in [0.15, 0.2) is 6.61 Å². The number of allylic oxidation sites excluding steroid dienone is 1. The number of nitrogens with one attached hydrogen (secondary N) is 2. The van der Waals surface area contributed by atoms with Crippen LogP contribution < -0.4 is 15.6 Å². The lowest BCUT2D eigenvalue weighted by molar-refractivity contribution is -0.123. The standard InChI is InChI=1S/C18H16BrClN2O2/c1-13(7-8-14-5-3-2-4-6-14)21-22-18(23)12-24-17-10-9-15(20)11-16(17)19/h2-11,21H,1,12H2,(H,22,23)/b8-7+. The third-order valence-electron chi connectivity index (χ3n) is 2.89. The molecule has 24 heavy (non-hydrogen) atoms. The molecule has 0 fully saturated rings. The minimum Gasteiger partial charge on any atom is -0.483 e. The molecule has 1 amide bonds. The first kappa shape index (κ1) is 18.1. The maximum Gasteiger partial charge on any atom is 0.276 e. The molecule has 2 aromatic carbocycles. The molecule has 0 unspecified atom stereocenters. The topological polar surface area (TPSA) is 50.4 Å². The van der Waals surface area contributed by atoms with Crippen LogP contribution in [0.3, 0.4) is 0 Å². The zero-order chi connectivity index (χ0) is 17.4. The van der Waals surface area contributed by atoms with Crippen LogP contribution in [-0.2, 0) is 4.79 Å². The fourth-order valence-corrected chi connectivity index (χ4v) is 2.52. The number of ether oxygens (including phenoxy) is 1. The Kier molecular flexibility index (Phi) is 6.90. The van der Waals surface area contributed by atoms with Crippen LogP contribution in [0.4, 0.5) is 0 Å². The molecular weight excluding hydrogens is 392 g/mol. The first-order chi connectivity index (χ1) is 11.5. The predicted molar refractivity (Wildman–Crippen MR) is 101 cm³/mol. The molecule has 0 spiro atoms. The molecule has 0 radical (unpaired) electrons. The maximum absolute atomic E-state index is 11.8. The van der Waals surface area contributed by atoms with Gasteiger partial charge in [-0.2, -0.15) is 0 Å². The van der Waals surface area contributed by atoms with E-state index in [4.69, 9.17) is 16.3 Å². The van der Waals surface area contributed by atoms with Crippen LogP contribution in [0.2, 0.25) is 5.02 Å². The van der Waals surface area contributed by atoms with Crippen molar-refractivity contribution in [3.05, 3.63) is 81.9 Å². The normalized spacial score (nSPS) is 10.4. The van der Waals surface area contributed by atoms with Gasteiger partial charge in [0.25, 0.3) is 5.91 Å². The summed E-state index contributed by atoms with van der Waals surface area (Å²) in [5, 5.41) is 0.585. The molecule has 4 nitrogen and oxygen atoms in total. The summed E-state index contributed by atoms with van der Waals surface area (Å²) in [6.45, 7) is 3.67. The van der Waals surface area contributed by atoms with Gasteiger partial charge in [0, 0.05) is 10.7 Å². The van der Waals surface area contributed by atoms with E-state index in [0.29, 0.717) is 20.9 Å². The second-order valence-electron chi connectivity index (χ2n) is 4.81. The average Bonchev–Trinajstić information content (AvgIpc) is 2.58. The van der Waals surface area contributed by atoms with E-state index in [1.165, 1.54) is 0 Å². The molecule has 0 aliphatic rings. The molecule has 0 aliphatic carbocycles. The van der Waals surface area contributed by atoms with Crippen LogP contribution in [0.1, 0.15) is 5.56 Å². The molecule has 0 saturated heterocycles. The van der Waals surface area contributed by atoms with Gasteiger partial charge in [-0.3, -0.25) is 15.6 Å². The molecule has 2 N–H and O–H groups in total. The number of hydrogen-bond acceptors (Lipinski definition) is 3. The van der Waals surface area contributed by atoms with Crippen LogP contribution in [0.5, 0.6) is 5.75 Å². The summed E-state index contributed by atoms with van der Waals surface area (Å²) in [5.41, 5.74) is 6.83. The van der Waals surface area contributed by atoms with Crippen molar-refractivity contribution in [2.75, 3.05) is 6.61 Å². The van der Waals surface area contributed by atoms with Crippen molar-refractivity contribution in [2.24, 2.45) is 0 Å². The predicted octanol–water partition coefficient (Wildman–Crippen LogP) is 4.33. The smallest absolute Gasteiger partial charge is 0.276 e. The first-order valence-electron chi connectivity index (χ1n) is 7.09. The third-order valence-corrected chi connectivity index (χ3v) is 3.75. The number of carbonyl (C=O) groups excluding carboxylic acids is 1. The highest BCUT2D eigenvalue weighted by Gasteiger charge is 2.05. The molecule has 0 heterocycles. The molecule has 0 atom stereocenters. The Morgan fingerprint density at radius 2 is 1.96 bits per heavy atom. The monoisotopic (exact) mass is 406 g/mol. The van der Waals surface area contributed by atoms with Gasteiger partial charge in [-0.05, 0) is 45.8 Å². The van der Waals surface area contributed by atoms with Crippen LogP contribution in [-0.4, -0.2) is 12.5 Å². The molecule has 0 aliphatic heterocycles. The summed E-state index contributed by atoms with van der Waals surface area (Å²) in [5.74, 6) is 0.212. The highest BCUT2D eigenvalue weighted by Crippen LogP contribution is 2.27. The van der Waals surface area contributed by atoms with E-state index in [1.54, 1.807) is 24.3 Å². The van der Waals surface area contributed by atoms with Crippen LogP contribution in [0.25, 0.3) is 6.08 Å². The first-order valence-corrected chi connectivity index (χ1v) is 8.26. The summed E-state index contributed by atoms with van der Waals surface area (Å²) in [6.07, 6.45) is 3.66. The molecule has 2 rings (SSSR count). The Morgan fingerprint density at radius 3 is 2.67 bits per heavy atom. The van der Waals surface area contributed by atoms with Crippen molar-refractivity contribution in [1.82, 2.24) is 10.9 Å². The lowest BCUT2D eigenvalue weighted by Crippen LogP contribution is -2.39. The van der Waals surface area contributed by atoms with E-state index in [9.17, 15) is 4.79 Å². The van der Waals surface area contributed by atoms with E-state index in [1.807, 2.05) is 36.4 Å². The van der Waals surface area contributed by atoms with Crippen LogP contribution >= 0.6 is 27.5 Å². The lowest BCUT2D eigenvalue weighted by Gasteiger charge is -2.10. The zero-order valence-corrected chi connectivity index (χ0v) is 15.1. The van der Waals surface area contributed by atoms with Gasteiger partial charge < -0.3 is 4.74 Å². The highest BCUT2D eigenvalue weighted by molar-refractivity contribution is 9.10. The van der Waals surface area contributed by atoms with E-state index in [-0.39, 0.29) is 12.5 Å². The SMILES string of the molecule is C=C(/C=C/c1ccccc1)NNC(=O)COc1ccc(Cl)cc1Br. The van der Waals surface area contributed by atoms with Crippen molar-refractivity contribution < 1.29 is 9.53 Å². The number of amides is 1. The fourth-order valence-electron chi connectivity index (χ4n) is 1.72. The highest BCUT2D eigenvalue weighted by atomic mass is 79.9. The number of rotatable bonds is 7. The second kappa shape index (κ2) is 9.15. The average molecular weight is 408 g/mol. The van der Waals surface area contributed by atoms with E-state index >= 15 is 0 Å². The second-order valence-corrected chi connectivity index (χ2v) is 6.10. The van der Waals surface area contributed by atoms with Gasteiger partial charge in [-0.25, -0.2) is 0 Å². The number of benzene rings is 2. The van der Waals surface area contributed by atoms with E-state index in [2.05, 4.69) is 33.4 Å². The Morgan fingerprint density at radius 1 is 1.21 bits per heavy atom. The summed E-state index contributed by atoms with van der Waals surface area (Å²) < 4.78 is 6.10. The summed E-state index contributed by atoms with van der Waals surface area (Å²) in [4.78, 5) is 11.8. The van der Waals surface area contributed by atoms with E-state index in [0.717, 1.165) is 5.56 Å². The van der Waals surface area contributed by atoms with Crippen molar-refractivity contribution in [2.45, 2.75) is 0 Å². The summed E-state index contributed by atoms with van der Waals surface area (Å²) in [6, 6.07) is 14.9. The van der Waals surface area contributed by atoms with Gasteiger partial charge in [0.2, 0.25) is 0 Å². The summed E-state index contributed by atoms with van der Waals surface area (Å²) >= 11 is 9.17. The molecule has 6 heteroatoms. The quantitative estimate of drug-likeness (QED) is 0.530. The van der Waals surface area contributed by atoms with Crippen LogP contribution in [0, 0.1) is 0 Å². The zero-order valence-electron chi connectivity index (χ0n) is 12.8. The van der Waals surface area contributed by atoms with Gasteiger partial charge in [0.1, 0.15) is 5.75 Å². The molecule has 0 aromatic heterocycles. The maximum atomic E-state index is 11.8. The van der Waals surface area contributed by atoms with Crippen molar-refractivity contribution in [3.8, 4) is 5.75 Å². The number of halogens is 2. The van der Waals surface area contributed by atoms with Crippen LogP contribution in [0.15, 0.2) is 71.4 Å². The Hall–Kier alpha value is -2.24. The minimum atomic E-state index is -0.328. The van der Waals surface area contributed by atoms with Crippen molar-refractivity contribution >= 4 is 39.5 Å². The molecule has 124 valence electrons. The fraction of sp³-hybridized carbons (Fsp3) is 0.0556. The third kappa shape index (κ3) is 6.10.